The largest absolute Gasteiger partial charge is 0.338 e. The van der Waals surface area contributed by atoms with Gasteiger partial charge in [-0.05, 0) is 32.0 Å². The van der Waals surface area contributed by atoms with E-state index in [4.69, 9.17) is 0 Å². The summed E-state index contributed by atoms with van der Waals surface area (Å²) in [6.45, 7) is 3.15. The van der Waals surface area contributed by atoms with Gasteiger partial charge < -0.3 is 4.90 Å². The van der Waals surface area contributed by atoms with Crippen LogP contribution in [0.2, 0.25) is 0 Å². The van der Waals surface area contributed by atoms with E-state index in [9.17, 15) is 17.6 Å². The highest BCUT2D eigenvalue weighted by atomic mass is 79.9. The number of halogens is 2. The van der Waals surface area contributed by atoms with Crippen LogP contribution in [0, 0.1) is 5.82 Å². The Kier molecular flexibility index (Phi) is 5.32. The van der Waals surface area contributed by atoms with Crippen LogP contribution >= 0.6 is 15.9 Å². The Labute approximate surface area is 127 Å². The molecule has 0 aliphatic heterocycles. The molecule has 1 aromatic carbocycles. The summed E-state index contributed by atoms with van der Waals surface area (Å²) in [5.74, 6) is -1.18. The molecule has 1 aromatic rings. The molecule has 0 unspecified atom stereocenters. The summed E-state index contributed by atoms with van der Waals surface area (Å²) in [4.78, 5) is 13.5. The molecule has 7 heteroatoms. The Morgan fingerprint density at radius 1 is 1.35 bits per heavy atom. The molecule has 2 atom stereocenters. The minimum Gasteiger partial charge on any atom is -0.338 e. The molecule has 1 rings (SSSR count). The summed E-state index contributed by atoms with van der Waals surface area (Å²) < 4.78 is 37.4. The van der Waals surface area contributed by atoms with Gasteiger partial charge in [-0.1, -0.05) is 15.9 Å². The molecule has 0 saturated carbocycles. The molecule has 112 valence electrons. The maximum absolute atomic E-state index is 13.7. The third-order valence-corrected chi connectivity index (χ3v) is 5.68. The number of hydrogen-bond acceptors (Lipinski definition) is 3. The number of hydrogen-bond donors (Lipinski definition) is 0. The average Bonchev–Trinajstić information content (AvgIpc) is 2.37. The van der Waals surface area contributed by atoms with E-state index in [0.29, 0.717) is 4.47 Å². The molecule has 1 amide bonds. The van der Waals surface area contributed by atoms with Crippen LogP contribution in [0.15, 0.2) is 22.7 Å². The smallest absolute Gasteiger partial charge is 0.256 e. The van der Waals surface area contributed by atoms with Crippen LogP contribution in [0.4, 0.5) is 4.39 Å². The number of carbonyl (C=O) groups excluding carboxylic acids is 1. The molecule has 0 bridgehead atoms. The molecular weight excluding hydrogens is 349 g/mol. The van der Waals surface area contributed by atoms with Crippen molar-refractivity contribution in [3.63, 3.8) is 0 Å². The van der Waals surface area contributed by atoms with Gasteiger partial charge in [0.25, 0.3) is 5.91 Å². The number of amides is 1. The van der Waals surface area contributed by atoms with E-state index in [-0.39, 0.29) is 5.56 Å². The lowest BCUT2D eigenvalue weighted by Crippen LogP contribution is -2.44. The Bertz CT molecular complexity index is 618. The van der Waals surface area contributed by atoms with Gasteiger partial charge in [0.05, 0.1) is 10.8 Å². The van der Waals surface area contributed by atoms with Crippen molar-refractivity contribution < 1.29 is 17.6 Å². The van der Waals surface area contributed by atoms with Gasteiger partial charge in [-0.3, -0.25) is 4.79 Å². The van der Waals surface area contributed by atoms with Crippen molar-refractivity contribution in [3.05, 3.63) is 34.1 Å². The molecule has 0 heterocycles. The molecular formula is C13H17BrFNO3S. The molecule has 20 heavy (non-hydrogen) atoms. The Morgan fingerprint density at radius 3 is 2.40 bits per heavy atom. The maximum atomic E-state index is 13.7. The lowest BCUT2D eigenvalue weighted by Gasteiger charge is -2.29. The van der Waals surface area contributed by atoms with Crippen LogP contribution in [-0.4, -0.2) is 43.8 Å². The van der Waals surface area contributed by atoms with Crippen LogP contribution in [0.3, 0.4) is 0 Å². The van der Waals surface area contributed by atoms with Crippen LogP contribution in [0.25, 0.3) is 0 Å². The van der Waals surface area contributed by atoms with Gasteiger partial charge in [-0.15, -0.1) is 0 Å². The molecule has 4 nitrogen and oxygen atoms in total. The quantitative estimate of drug-likeness (QED) is 0.823. The number of rotatable bonds is 4. The van der Waals surface area contributed by atoms with Crippen LogP contribution in [-0.2, 0) is 9.84 Å². The summed E-state index contributed by atoms with van der Waals surface area (Å²) >= 11 is 3.18. The second kappa shape index (κ2) is 6.22. The minimum atomic E-state index is -3.28. The third-order valence-electron chi connectivity index (χ3n) is 3.44. The molecule has 0 saturated heterocycles. The summed E-state index contributed by atoms with van der Waals surface area (Å²) in [6, 6.07) is 3.51. The zero-order valence-electron chi connectivity index (χ0n) is 11.7. The van der Waals surface area contributed by atoms with Crippen molar-refractivity contribution in [2.75, 3.05) is 13.3 Å². The highest BCUT2D eigenvalue weighted by molar-refractivity contribution is 9.10. The normalized spacial score (nSPS) is 14.7. The van der Waals surface area contributed by atoms with E-state index in [1.165, 1.54) is 37.1 Å². The fraction of sp³-hybridized carbons (Fsp3) is 0.462. The number of nitrogens with zero attached hydrogens (tertiary/aromatic N) is 1. The van der Waals surface area contributed by atoms with Gasteiger partial charge in [0, 0.05) is 23.8 Å². The summed E-state index contributed by atoms with van der Waals surface area (Å²) in [7, 11) is -1.81. The van der Waals surface area contributed by atoms with Crippen LogP contribution < -0.4 is 0 Å². The second-order valence-electron chi connectivity index (χ2n) is 4.82. The first-order valence-corrected chi connectivity index (χ1v) is 8.71. The number of benzene rings is 1. The van der Waals surface area contributed by atoms with E-state index in [1.807, 2.05) is 0 Å². The maximum Gasteiger partial charge on any atom is 0.256 e. The fourth-order valence-corrected chi connectivity index (χ4v) is 2.97. The van der Waals surface area contributed by atoms with Crippen molar-refractivity contribution in [1.29, 1.82) is 0 Å². The van der Waals surface area contributed by atoms with Crippen LogP contribution in [0.1, 0.15) is 24.2 Å². The van der Waals surface area contributed by atoms with Gasteiger partial charge in [-0.25, -0.2) is 12.8 Å². The molecule has 0 aliphatic carbocycles. The SMILES string of the molecule is C[C@@H]([C@H](C)S(C)(=O)=O)N(C)C(=O)c1cc(Br)ccc1F. The predicted molar refractivity (Wildman–Crippen MR) is 80.0 cm³/mol. The van der Waals surface area contributed by atoms with E-state index >= 15 is 0 Å². The third kappa shape index (κ3) is 3.79. The Morgan fingerprint density at radius 2 is 1.90 bits per heavy atom. The molecule has 0 spiro atoms. The topological polar surface area (TPSA) is 54.5 Å². The highest BCUT2D eigenvalue weighted by Gasteiger charge is 2.29. The molecule has 0 fully saturated rings. The van der Waals surface area contributed by atoms with Gasteiger partial charge in [-0.2, -0.15) is 0 Å². The predicted octanol–water partition coefficient (Wildman–Crippen LogP) is 2.48. The zero-order chi connectivity index (χ0) is 15.7. The van der Waals surface area contributed by atoms with Crippen LogP contribution in [0.5, 0.6) is 0 Å². The molecule has 0 aromatic heterocycles. The Hall–Kier alpha value is -0.950. The first-order chi connectivity index (χ1) is 9.05. The summed E-state index contributed by atoms with van der Waals surface area (Å²) in [5, 5.41) is -0.730. The van der Waals surface area contributed by atoms with Crippen molar-refractivity contribution >= 4 is 31.7 Å². The van der Waals surface area contributed by atoms with E-state index in [0.717, 1.165) is 6.26 Å². The van der Waals surface area contributed by atoms with Gasteiger partial charge in [0.15, 0.2) is 9.84 Å². The number of carbonyl (C=O) groups is 1. The van der Waals surface area contributed by atoms with Gasteiger partial charge >= 0.3 is 0 Å². The standard InChI is InChI=1S/C13H17BrFNO3S/c1-8(9(2)20(4,18)19)16(3)13(17)11-7-10(14)5-6-12(11)15/h5-9H,1-4H3/t8-,9-/m0/s1. The van der Waals surface area contributed by atoms with E-state index in [2.05, 4.69) is 15.9 Å². The lowest BCUT2D eigenvalue weighted by atomic mass is 10.1. The van der Waals surface area contributed by atoms with E-state index < -0.39 is 32.9 Å². The summed E-state index contributed by atoms with van der Waals surface area (Å²) in [5.41, 5.74) is -0.0885. The monoisotopic (exact) mass is 365 g/mol. The average molecular weight is 366 g/mol. The second-order valence-corrected chi connectivity index (χ2v) is 8.13. The van der Waals surface area contributed by atoms with E-state index in [1.54, 1.807) is 6.92 Å². The lowest BCUT2D eigenvalue weighted by molar-refractivity contribution is 0.0738. The zero-order valence-corrected chi connectivity index (χ0v) is 14.1. The summed E-state index contributed by atoms with van der Waals surface area (Å²) in [6.07, 6.45) is 1.12. The van der Waals surface area contributed by atoms with Crippen molar-refractivity contribution in [2.24, 2.45) is 0 Å². The van der Waals surface area contributed by atoms with Crippen molar-refractivity contribution in [3.8, 4) is 0 Å². The molecule has 0 radical (unpaired) electrons. The molecule has 0 N–H and O–H groups in total. The van der Waals surface area contributed by atoms with Gasteiger partial charge in [0.1, 0.15) is 5.82 Å². The van der Waals surface area contributed by atoms with Crippen molar-refractivity contribution in [1.82, 2.24) is 4.90 Å². The highest BCUT2D eigenvalue weighted by Crippen LogP contribution is 2.19. The number of sulfone groups is 1. The minimum absolute atomic E-state index is 0.0885. The first-order valence-electron chi connectivity index (χ1n) is 5.96. The first kappa shape index (κ1) is 17.1. The Balaban J connectivity index is 3.06. The fourth-order valence-electron chi connectivity index (χ4n) is 1.71. The van der Waals surface area contributed by atoms with Crippen molar-refractivity contribution in [2.45, 2.75) is 25.1 Å². The molecule has 0 aliphatic rings. The van der Waals surface area contributed by atoms with Gasteiger partial charge in [0.2, 0.25) is 0 Å².